The molecule has 0 unspecified atom stereocenters. The van der Waals surface area contributed by atoms with Crippen LogP contribution in [0.2, 0.25) is 0 Å². The van der Waals surface area contributed by atoms with Gasteiger partial charge in [-0.1, -0.05) is 0 Å². The molecule has 0 N–H and O–H groups in total. The van der Waals surface area contributed by atoms with Crippen molar-refractivity contribution < 1.29 is 22.0 Å². The van der Waals surface area contributed by atoms with Gasteiger partial charge >= 0.3 is 12.1 Å². The third kappa shape index (κ3) is 2.21. The lowest BCUT2D eigenvalue weighted by Crippen LogP contribution is -2.40. The van der Waals surface area contributed by atoms with Crippen molar-refractivity contribution in [3.05, 3.63) is 24.0 Å². The van der Waals surface area contributed by atoms with E-state index in [-0.39, 0.29) is 16.7 Å². The highest BCUT2D eigenvalue weighted by molar-refractivity contribution is 5.80. The molecule has 2 heterocycles. The van der Waals surface area contributed by atoms with Gasteiger partial charge in [0.15, 0.2) is 11.3 Å². The summed E-state index contributed by atoms with van der Waals surface area (Å²) in [6.45, 7) is -1.72. The fraction of sp³-hybridized carbons (Fsp3) is 0.300. The van der Waals surface area contributed by atoms with Crippen LogP contribution >= 0.6 is 0 Å². The van der Waals surface area contributed by atoms with Gasteiger partial charge in [0.25, 0.3) is 0 Å². The van der Waals surface area contributed by atoms with E-state index in [1.165, 1.54) is 18.3 Å². The van der Waals surface area contributed by atoms with E-state index >= 15 is 0 Å². The number of nitriles is 1. The van der Waals surface area contributed by atoms with Crippen molar-refractivity contribution in [1.82, 2.24) is 14.8 Å². The Morgan fingerprint density at radius 2 is 1.95 bits per heavy atom. The second-order valence-electron chi connectivity index (χ2n) is 3.69. The number of hydrogen-bond acceptors (Lipinski definition) is 3. The topological polar surface area (TPSA) is 54.5 Å². The van der Waals surface area contributed by atoms with Crippen molar-refractivity contribution in [2.75, 3.05) is 0 Å². The average molecular weight is 276 g/mol. The highest BCUT2D eigenvalue weighted by Gasteiger charge is 2.58. The van der Waals surface area contributed by atoms with E-state index in [0.717, 1.165) is 0 Å². The van der Waals surface area contributed by atoms with Gasteiger partial charge in [0, 0.05) is 6.20 Å². The first-order chi connectivity index (χ1) is 8.76. The number of alkyl halides is 5. The molecule has 2 aromatic heterocycles. The van der Waals surface area contributed by atoms with Gasteiger partial charge in [-0.2, -0.15) is 32.3 Å². The lowest BCUT2D eigenvalue weighted by atomic mass is 10.3. The van der Waals surface area contributed by atoms with E-state index in [0.29, 0.717) is 4.68 Å². The largest absolute Gasteiger partial charge is 0.455 e. The van der Waals surface area contributed by atoms with Crippen molar-refractivity contribution in [2.45, 2.75) is 18.6 Å². The summed E-state index contributed by atoms with van der Waals surface area (Å²) in [4.78, 5) is 3.66. The Morgan fingerprint density at radius 3 is 2.53 bits per heavy atom. The molecule has 0 fully saturated rings. The molecule has 0 spiro atoms. The SMILES string of the molecule is N#Cc1nn(CC(F)(F)C(F)(F)F)c2ncccc12. The summed E-state index contributed by atoms with van der Waals surface area (Å²) in [6, 6.07) is 4.42. The Kier molecular flexibility index (Phi) is 2.88. The zero-order valence-corrected chi connectivity index (χ0v) is 9.12. The molecule has 0 saturated heterocycles. The molecule has 9 heteroatoms. The van der Waals surface area contributed by atoms with Crippen molar-refractivity contribution >= 4 is 11.0 Å². The number of nitrogens with zero attached hydrogens (tertiary/aromatic N) is 4. The quantitative estimate of drug-likeness (QED) is 0.792. The summed E-state index contributed by atoms with van der Waals surface area (Å²) in [7, 11) is 0. The Balaban J connectivity index is 2.51. The minimum absolute atomic E-state index is 0.128. The number of halogens is 5. The third-order valence-corrected chi connectivity index (χ3v) is 2.38. The lowest BCUT2D eigenvalue weighted by molar-refractivity contribution is -0.287. The predicted octanol–water partition coefficient (Wildman–Crippen LogP) is 2.50. The van der Waals surface area contributed by atoms with Gasteiger partial charge < -0.3 is 0 Å². The number of pyridine rings is 1. The van der Waals surface area contributed by atoms with Crippen LogP contribution in [-0.4, -0.2) is 26.9 Å². The van der Waals surface area contributed by atoms with Crippen LogP contribution in [0.1, 0.15) is 5.69 Å². The Bertz CT molecular complexity index is 652. The van der Waals surface area contributed by atoms with Crippen molar-refractivity contribution in [3.63, 3.8) is 0 Å². The summed E-state index contributed by atoms with van der Waals surface area (Å²) in [5, 5.41) is 12.3. The highest BCUT2D eigenvalue weighted by Crippen LogP contribution is 2.37. The van der Waals surface area contributed by atoms with Crippen LogP contribution in [0.15, 0.2) is 18.3 Å². The molecule has 2 aromatic rings. The van der Waals surface area contributed by atoms with Crippen LogP contribution in [0.25, 0.3) is 11.0 Å². The molecule has 0 bridgehead atoms. The van der Waals surface area contributed by atoms with Gasteiger partial charge in [-0.15, -0.1) is 0 Å². The van der Waals surface area contributed by atoms with Gasteiger partial charge in [-0.05, 0) is 12.1 Å². The maximum absolute atomic E-state index is 13.0. The molecule has 0 amide bonds. The summed E-state index contributed by atoms with van der Waals surface area (Å²) >= 11 is 0. The first kappa shape index (κ1) is 13.2. The van der Waals surface area contributed by atoms with E-state index in [1.807, 2.05) is 0 Å². The molecule has 0 aliphatic heterocycles. The molecule has 19 heavy (non-hydrogen) atoms. The molecular weight excluding hydrogens is 271 g/mol. The molecule has 0 aliphatic rings. The van der Waals surface area contributed by atoms with E-state index < -0.39 is 18.6 Å². The van der Waals surface area contributed by atoms with Crippen LogP contribution in [0, 0.1) is 11.3 Å². The standard InChI is InChI=1S/C10H5F5N4/c11-9(12,10(13,14)15)5-19-8-6(2-1-3-17-8)7(4-16)18-19/h1-3H,5H2. The Labute approximate surface area is 103 Å². The van der Waals surface area contributed by atoms with Crippen LogP contribution in [-0.2, 0) is 6.54 Å². The van der Waals surface area contributed by atoms with Gasteiger partial charge in [0.1, 0.15) is 12.6 Å². The molecule has 0 atom stereocenters. The molecule has 100 valence electrons. The first-order valence-corrected chi connectivity index (χ1v) is 4.92. The van der Waals surface area contributed by atoms with Crippen molar-refractivity contribution in [1.29, 1.82) is 5.26 Å². The molecule has 0 saturated carbocycles. The fourth-order valence-electron chi connectivity index (χ4n) is 1.48. The average Bonchev–Trinajstić information content (AvgIpc) is 2.66. The van der Waals surface area contributed by atoms with Crippen molar-refractivity contribution in [3.8, 4) is 6.07 Å². The van der Waals surface area contributed by atoms with Crippen LogP contribution < -0.4 is 0 Å². The molecule has 4 nitrogen and oxygen atoms in total. The van der Waals surface area contributed by atoms with Gasteiger partial charge in [0.05, 0.1) is 5.39 Å². The molecule has 0 aliphatic carbocycles. The van der Waals surface area contributed by atoms with Crippen LogP contribution in [0.4, 0.5) is 22.0 Å². The first-order valence-electron chi connectivity index (χ1n) is 4.92. The number of aromatic nitrogens is 3. The fourth-order valence-corrected chi connectivity index (χ4v) is 1.48. The number of rotatable bonds is 2. The van der Waals surface area contributed by atoms with E-state index in [4.69, 9.17) is 5.26 Å². The molecule has 2 rings (SSSR count). The maximum Gasteiger partial charge on any atom is 0.455 e. The van der Waals surface area contributed by atoms with Crippen LogP contribution in [0.3, 0.4) is 0 Å². The summed E-state index contributed by atoms with van der Waals surface area (Å²) in [5.41, 5.74) is -0.441. The van der Waals surface area contributed by atoms with Crippen molar-refractivity contribution in [2.24, 2.45) is 0 Å². The number of fused-ring (bicyclic) bond motifs is 1. The minimum Gasteiger partial charge on any atom is -0.239 e. The normalized spacial score (nSPS) is 12.6. The van der Waals surface area contributed by atoms with Gasteiger partial charge in [-0.25, -0.2) is 9.67 Å². The predicted molar refractivity (Wildman–Crippen MR) is 53.2 cm³/mol. The summed E-state index contributed by atoms with van der Waals surface area (Å²) < 4.78 is 62.7. The molecule has 0 aromatic carbocycles. The van der Waals surface area contributed by atoms with E-state index in [9.17, 15) is 22.0 Å². The monoisotopic (exact) mass is 276 g/mol. The second kappa shape index (κ2) is 4.15. The van der Waals surface area contributed by atoms with Gasteiger partial charge in [-0.3, -0.25) is 0 Å². The Hall–Kier alpha value is -2.24. The second-order valence-corrected chi connectivity index (χ2v) is 3.69. The maximum atomic E-state index is 13.0. The van der Waals surface area contributed by atoms with Gasteiger partial charge in [0.2, 0.25) is 0 Å². The Morgan fingerprint density at radius 1 is 1.26 bits per heavy atom. The highest BCUT2D eigenvalue weighted by atomic mass is 19.4. The third-order valence-electron chi connectivity index (χ3n) is 2.38. The van der Waals surface area contributed by atoms with Crippen LogP contribution in [0.5, 0.6) is 0 Å². The minimum atomic E-state index is -5.69. The number of hydrogen-bond donors (Lipinski definition) is 0. The zero-order valence-electron chi connectivity index (χ0n) is 9.12. The molecule has 0 radical (unpaired) electrons. The summed E-state index contributed by atoms with van der Waals surface area (Å²) in [5.74, 6) is -4.95. The zero-order chi connectivity index (χ0) is 14.3. The summed E-state index contributed by atoms with van der Waals surface area (Å²) in [6.07, 6.45) is -4.47. The smallest absolute Gasteiger partial charge is 0.239 e. The lowest BCUT2D eigenvalue weighted by Gasteiger charge is -2.19. The van der Waals surface area contributed by atoms with E-state index in [2.05, 4.69) is 10.1 Å². The molecular formula is C10H5F5N4. The van der Waals surface area contributed by atoms with E-state index in [1.54, 1.807) is 6.07 Å².